The molecule has 0 aliphatic rings. The van der Waals surface area contributed by atoms with Gasteiger partial charge < -0.3 is 15.2 Å². The Morgan fingerprint density at radius 1 is 1.11 bits per heavy atom. The number of nitrogens with zero attached hydrogens (tertiary/aromatic N) is 2. The molecule has 2 N–H and O–H groups in total. The van der Waals surface area contributed by atoms with E-state index in [1.165, 1.54) is 0 Å². The number of halogens is 1. The molecule has 1 heterocycles. The third-order valence-corrected chi connectivity index (χ3v) is 4.53. The van der Waals surface area contributed by atoms with Crippen LogP contribution < -0.4 is 10.6 Å². The molecule has 28 heavy (non-hydrogen) atoms. The topological polar surface area (TPSA) is 76.0 Å². The van der Waals surface area contributed by atoms with Crippen molar-refractivity contribution in [3.8, 4) is 0 Å². The second kappa shape index (κ2) is 9.37. The van der Waals surface area contributed by atoms with Gasteiger partial charge in [0.25, 0.3) is 0 Å². The van der Waals surface area contributed by atoms with Crippen molar-refractivity contribution in [2.24, 2.45) is 0 Å². The minimum atomic E-state index is -0.165. The fourth-order valence-corrected chi connectivity index (χ4v) is 3.22. The van der Waals surface area contributed by atoms with Crippen LogP contribution in [0.15, 0.2) is 48.5 Å². The van der Waals surface area contributed by atoms with Gasteiger partial charge in [0.05, 0.1) is 11.0 Å². The lowest BCUT2D eigenvalue weighted by molar-refractivity contribution is -0.121. The van der Waals surface area contributed by atoms with E-state index < -0.39 is 0 Å². The summed E-state index contributed by atoms with van der Waals surface area (Å²) < 4.78 is 1.89. The van der Waals surface area contributed by atoms with E-state index in [0.29, 0.717) is 30.1 Å². The van der Waals surface area contributed by atoms with Gasteiger partial charge in [-0.2, -0.15) is 0 Å². The third kappa shape index (κ3) is 5.10. The summed E-state index contributed by atoms with van der Waals surface area (Å²) in [4.78, 5) is 28.9. The number of anilines is 1. The van der Waals surface area contributed by atoms with Gasteiger partial charge >= 0.3 is 0 Å². The average molecular weight is 399 g/mol. The summed E-state index contributed by atoms with van der Waals surface area (Å²) in [5.41, 5.74) is 2.36. The van der Waals surface area contributed by atoms with Gasteiger partial charge in [0, 0.05) is 30.1 Å². The molecule has 7 heteroatoms. The lowest BCUT2D eigenvalue weighted by Crippen LogP contribution is -2.27. The Balaban J connectivity index is 1.74. The first-order valence-corrected chi connectivity index (χ1v) is 9.71. The van der Waals surface area contributed by atoms with Crippen LogP contribution >= 0.6 is 11.6 Å². The summed E-state index contributed by atoms with van der Waals surface area (Å²) in [6.45, 7) is 2.58. The maximum Gasteiger partial charge on any atom is 0.244 e. The molecule has 0 fully saturated rings. The van der Waals surface area contributed by atoms with Crippen molar-refractivity contribution in [3.63, 3.8) is 0 Å². The van der Waals surface area contributed by atoms with E-state index >= 15 is 0 Å². The van der Waals surface area contributed by atoms with Crippen LogP contribution in [0.5, 0.6) is 0 Å². The van der Waals surface area contributed by atoms with Crippen LogP contribution in [0.4, 0.5) is 5.69 Å². The zero-order valence-corrected chi connectivity index (χ0v) is 16.5. The van der Waals surface area contributed by atoms with Crippen LogP contribution in [0.25, 0.3) is 11.0 Å². The molecule has 3 aromatic rings. The van der Waals surface area contributed by atoms with Crippen molar-refractivity contribution in [1.29, 1.82) is 0 Å². The number of carbonyl (C=O) groups is 2. The molecule has 1 aromatic heterocycles. The quantitative estimate of drug-likeness (QED) is 0.606. The Bertz CT molecular complexity index is 983. The zero-order chi connectivity index (χ0) is 19.9. The van der Waals surface area contributed by atoms with Gasteiger partial charge in [-0.1, -0.05) is 36.7 Å². The largest absolute Gasteiger partial charge is 0.356 e. The van der Waals surface area contributed by atoms with E-state index in [2.05, 4.69) is 15.6 Å². The van der Waals surface area contributed by atoms with E-state index in [-0.39, 0.29) is 18.4 Å². The second-order valence-corrected chi connectivity index (χ2v) is 6.95. The fourth-order valence-electron chi connectivity index (χ4n) is 3.03. The monoisotopic (exact) mass is 398 g/mol. The number of fused-ring (bicyclic) bond motifs is 1. The van der Waals surface area contributed by atoms with Crippen LogP contribution in [0.1, 0.15) is 25.6 Å². The Morgan fingerprint density at radius 3 is 2.71 bits per heavy atom. The number of aromatic nitrogens is 2. The highest BCUT2D eigenvalue weighted by molar-refractivity contribution is 6.30. The van der Waals surface area contributed by atoms with E-state index in [0.717, 1.165) is 23.3 Å². The SMILES string of the molecule is CCCC(=O)NCCc1nc2ccccc2n1CC(=O)Nc1cccc(Cl)c1. The summed E-state index contributed by atoms with van der Waals surface area (Å²) in [6, 6.07) is 14.7. The lowest BCUT2D eigenvalue weighted by Gasteiger charge is -2.11. The smallest absolute Gasteiger partial charge is 0.244 e. The molecule has 0 aliphatic carbocycles. The summed E-state index contributed by atoms with van der Waals surface area (Å²) in [6.07, 6.45) is 1.88. The maximum absolute atomic E-state index is 12.6. The first kappa shape index (κ1) is 19.9. The number of benzene rings is 2. The van der Waals surface area contributed by atoms with Crippen molar-refractivity contribution in [3.05, 3.63) is 59.4 Å². The molecule has 0 unspecified atom stereocenters. The van der Waals surface area contributed by atoms with Crippen molar-refractivity contribution >= 4 is 40.1 Å². The molecule has 0 atom stereocenters. The van der Waals surface area contributed by atoms with Crippen LogP contribution in [0.2, 0.25) is 5.02 Å². The van der Waals surface area contributed by atoms with Gasteiger partial charge in [-0.3, -0.25) is 9.59 Å². The number of amides is 2. The van der Waals surface area contributed by atoms with Gasteiger partial charge in [0.1, 0.15) is 12.4 Å². The minimum Gasteiger partial charge on any atom is -0.356 e. The van der Waals surface area contributed by atoms with Crippen molar-refractivity contribution < 1.29 is 9.59 Å². The summed E-state index contributed by atoms with van der Waals surface area (Å²) >= 11 is 5.98. The third-order valence-electron chi connectivity index (χ3n) is 4.29. The molecule has 146 valence electrons. The van der Waals surface area contributed by atoms with Gasteiger partial charge in [-0.05, 0) is 36.8 Å². The van der Waals surface area contributed by atoms with Crippen LogP contribution in [0, 0.1) is 0 Å². The number of nitrogens with one attached hydrogen (secondary N) is 2. The Hall–Kier alpha value is -2.86. The molecule has 3 rings (SSSR count). The molecule has 2 aromatic carbocycles. The number of carbonyl (C=O) groups excluding carboxylic acids is 2. The van der Waals surface area contributed by atoms with E-state index in [1.54, 1.807) is 24.3 Å². The molecule has 0 radical (unpaired) electrons. The molecule has 0 bridgehead atoms. The lowest BCUT2D eigenvalue weighted by atomic mass is 10.3. The molecule has 0 saturated heterocycles. The normalized spacial score (nSPS) is 10.8. The van der Waals surface area contributed by atoms with Crippen LogP contribution in [-0.4, -0.2) is 27.9 Å². The Labute approximate surface area is 168 Å². The number of imidazole rings is 1. The first-order valence-electron chi connectivity index (χ1n) is 9.33. The molecule has 6 nitrogen and oxygen atoms in total. The molecular formula is C21H23ClN4O2. The van der Waals surface area contributed by atoms with Gasteiger partial charge in [-0.15, -0.1) is 0 Å². The van der Waals surface area contributed by atoms with Crippen molar-refractivity contribution in [1.82, 2.24) is 14.9 Å². The molecule has 0 saturated carbocycles. The van der Waals surface area contributed by atoms with E-state index in [1.807, 2.05) is 35.8 Å². The standard InChI is InChI=1S/C21H23ClN4O2/c1-2-6-20(27)23-12-11-19-25-17-9-3-4-10-18(17)26(19)14-21(28)24-16-8-5-7-15(22)13-16/h3-5,7-10,13H,2,6,11-12,14H2,1H3,(H,23,27)(H,24,28). The molecule has 0 aliphatic heterocycles. The van der Waals surface area contributed by atoms with Gasteiger partial charge in [0.2, 0.25) is 11.8 Å². The zero-order valence-electron chi connectivity index (χ0n) is 15.7. The predicted octanol–water partition coefficient (Wildman–Crippen LogP) is 3.79. The number of rotatable bonds is 8. The summed E-state index contributed by atoms with van der Waals surface area (Å²) in [5.74, 6) is 0.629. The second-order valence-electron chi connectivity index (χ2n) is 6.51. The van der Waals surface area contributed by atoms with Crippen LogP contribution in [0.3, 0.4) is 0 Å². The number of para-hydroxylation sites is 2. The maximum atomic E-state index is 12.6. The highest BCUT2D eigenvalue weighted by Crippen LogP contribution is 2.18. The van der Waals surface area contributed by atoms with E-state index in [9.17, 15) is 9.59 Å². The molecule has 2 amide bonds. The number of hydrogen-bond donors (Lipinski definition) is 2. The number of hydrogen-bond acceptors (Lipinski definition) is 3. The average Bonchev–Trinajstić information content (AvgIpc) is 2.99. The summed E-state index contributed by atoms with van der Waals surface area (Å²) in [7, 11) is 0. The highest BCUT2D eigenvalue weighted by atomic mass is 35.5. The molecular weight excluding hydrogens is 376 g/mol. The Kier molecular flexibility index (Phi) is 6.66. The minimum absolute atomic E-state index is 0.0314. The van der Waals surface area contributed by atoms with Crippen molar-refractivity contribution in [2.45, 2.75) is 32.7 Å². The highest BCUT2D eigenvalue weighted by Gasteiger charge is 2.14. The van der Waals surface area contributed by atoms with Crippen molar-refractivity contribution in [2.75, 3.05) is 11.9 Å². The van der Waals surface area contributed by atoms with Crippen LogP contribution in [-0.2, 0) is 22.6 Å². The Morgan fingerprint density at radius 2 is 1.93 bits per heavy atom. The first-order chi connectivity index (χ1) is 13.6. The fraction of sp³-hybridized carbons (Fsp3) is 0.286. The van der Waals surface area contributed by atoms with E-state index in [4.69, 9.17) is 11.6 Å². The summed E-state index contributed by atoms with van der Waals surface area (Å²) in [5, 5.41) is 6.32. The van der Waals surface area contributed by atoms with Gasteiger partial charge in [0.15, 0.2) is 0 Å². The van der Waals surface area contributed by atoms with Gasteiger partial charge in [-0.25, -0.2) is 4.98 Å². The predicted molar refractivity (Wildman–Crippen MR) is 111 cm³/mol. The molecule has 0 spiro atoms.